The lowest BCUT2D eigenvalue weighted by atomic mass is 10.4. The molecule has 2 rings (SSSR count). The standard InChI is InChI=1S/C11H16ClN7OS/c1-3-18-5-7(12)9(17-18)10-15-16-11(19(10)4-2)21-6-8(20)14-13/h5H,3-4,6,13H2,1-2H3,(H,14,20). The Kier molecular flexibility index (Phi) is 5.21. The van der Waals surface area contributed by atoms with E-state index in [1.165, 1.54) is 11.8 Å². The van der Waals surface area contributed by atoms with Crippen molar-refractivity contribution < 1.29 is 4.79 Å². The third kappa shape index (κ3) is 3.36. The number of nitrogens with one attached hydrogen (secondary N) is 1. The van der Waals surface area contributed by atoms with E-state index in [0.29, 0.717) is 28.2 Å². The average Bonchev–Trinajstić information content (AvgIpc) is 3.06. The lowest BCUT2D eigenvalue weighted by Gasteiger charge is -2.05. The molecule has 2 aromatic rings. The van der Waals surface area contributed by atoms with Crippen LogP contribution < -0.4 is 11.3 Å². The van der Waals surface area contributed by atoms with E-state index in [-0.39, 0.29) is 11.7 Å². The summed E-state index contributed by atoms with van der Waals surface area (Å²) in [4.78, 5) is 11.2. The molecule has 0 radical (unpaired) electrons. The molecule has 8 nitrogen and oxygen atoms in total. The van der Waals surface area contributed by atoms with E-state index in [2.05, 4.69) is 20.7 Å². The van der Waals surface area contributed by atoms with Crippen molar-refractivity contribution in [1.29, 1.82) is 0 Å². The molecule has 0 bridgehead atoms. The molecule has 0 aromatic carbocycles. The van der Waals surface area contributed by atoms with Crippen LogP contribution in [0.1, 0.15) is 13.8 Å². The fraction of sp³-hybridized carbons (Fsp3) is 0.455. The molecule has 0 aliphatic heterocycles. The third-order valence-corrected chi connectivity index (χ3v) is 4.02. The molecule has 2 heterocycles. The van der Waals surface area contributed by atoms with Crippen LogP contribution in [-0.2, 0) is 17.9 Å². The number of aromatic nitrogens is 5. The Balaban J connectivity index is 2.30. The number of hydrazine groups is 1. The van der Waals surface area contributed by atoms with Crippen molar-refractivity contribution >= 4 is 29.3 Å². The number of amides is 1. The molecule has 0 atom stereocenters. The van der Waals surface area contributed by atoms with Gasteiger partial charge in [-0.25, -0.2) is 5.84 Å². The van der Waals surface area contributed by atoms with Crippen LogP contribution in [0.4, 0.5) is 0 Å². The van der Waals surface area contributed by atoms with Crippen molar-refractivity contribution in [2.45, 2.75) is 32.1 Å². The van der Waals surface area contributed by atoms with Gasteiger partial charge in [-0.15, -0.1) is 10.2 Å². The molecule has 1 amide bonds. The van der Waals surface area contributed by atoms with Gasteiger partial charge in [0.2, 0.25) is 5.91 Å². The SMILES string of the molecule is CCn1cc(Cl)c(-c2nnc(SCC(=O)NN)n2CC)n1. The predicted molar refractivity (Wildman–Crippen MR) is 80.7 cm³/mol. The van der Waals surface area contributed by atoms with E-state index >= 15 is 0 Å². The fourth-order valence-electron chi connectivity index (χ4n) is 1.74. The Bertz CT molecular complexity index is 639. The number of hydrogen-bond donors (Lipinski definition) is 2. The Hall–Kier alpha value is -1.58. The van der Waals surface area contributed by atoms with Crippen LogP contribution in [0.15, 0.2) is 11.4 Å². The summed E-state index contributed by atoms with van der Waals surface area (Å²) in [6.45, 7) is 5.30. The maximum absolute atomic E-state index is 11.2. The number of nitrogens with two attached hydrogens (primary N) is 1. The second-order valence-corrected chi connectivity index (χ2v) is 5.44. The summed E-state index contributed by atoms with van der Waals surface area (Å²) in [5, 5.41) is 13.8. The van der Waals surface area contributed by atoms with Gasteiger partial charge >= 0.3 is 0 Å². The van der Waals surface area contributed by atoms with Crippen LogP contribution >= 0.6 is 23.4 Å². The first-order chi connectivity index (χ1) is 10.1. The molecule has 0 aliphatic rings. The van der Waals surface area contributed by atoms with Crippen LogP contribution in [0.3, 0.4) is 0 Å². The molecule has 0 aliphatic carbocycles. The highest BCUT2D eigenvalue weighted by molar-refractivity contribution is 7.99. The molecule has 21 heavy (non-hydrogen) atoms. The number of carbonyl (C=O) groups excluding carboxylic acids is 1. The van der Waals surface area contributed by atoms with E-state index in [9.17, 15) is 4.79 Å². The Labute approximate surface area is 131 Å². The number of halogens is 1. The molecule has 3 N–H and O–H groups in total. The van der Waals surface area contributed by atoms with Gasteiger partial charge in [0.05, 0.1) is 10.8 Å². The maximum Gasteiger partial charge on any atom is 0.244 e. The van der Waals surface area contributed by atoms with E-state index in [1.54, 1.807) is 10.9 Å². The highest BCUT2D eigenvalue weighted by Crippen LogP contribution is 2.28. The van der Waals surface area contributed by atoms with Gasteiger partial charge in [0.25, 0.3) is 0 Å². The summed E-state index contributed by atoms with van der Waals surface area (Å²) in [5.74, 6) is 5.54. The summed E-state index contributed by atoms with van der Waals surface area (Å²) < 4.78 is 3.60. The number of thioether (sulfide) groups is 1. The molecular formula is C11H16ClN7OS. The summed E-state index contributed by atoms with van der Waals surface area (Å²) in [5.41, 5.74) is 2.66. The predicted octanol–water partition coefficient (Wildman–Crippen LogP) is 0.917. The molecule has 0 unspecified atom stereocenters. The molecular weight excluding hydrogens is 314 g/mol. The van der Waals surface area contributed by atoms with Gasteiger partial charge in [0.15, 0.2) is 11.0 Å². The zero-order chi connectivity index (χ0) is 15.4. The van der Waals surface area contributed by atoms with E-state index in [1.807, 2.05) is 18.4 Å². The molecule has 2 aromatic heterocycles. The van der Waals surface area contributed by atoms with Crippen LogP contribution in [0.25, 0.3) is 11.5 Å². The quantitative estimate of drug-likeness (QED) is 0.353. The largest absolute Gasteiger partial charge is 0.301 e. The van der Waals surface area contributed by atoms with Gasteiger partial charge in [-0.2, -0.15) is 5.10 Å². The Morgan fingerprint density at radius 3 is 2.76 bits per heavy atom. The number of nitrogens with zero attached hydrogens (tertiary/aromatic N) is 5. The van der Waals surface area contributed by atoms with Crippen LogP contribution in [-0.4, -0.2) is 36.2 Å². The Morgan fingerprint density at radius 1 is 1.43 bits per heavy atom. The third-order valence-electron chi connectivity index (χ3n) is 2.78. The highest BCUT2D eigenvalue weighted by Gasteiger charge is 2.19. The van der Waals surface area contributed by atoms with Crippen molar-refractivity contribution in [3.63, 3.8) is 0 Å². The molecule has 0 saturated heterocycles. The van der Waals surface area contributed by atoms with Crippen molar-refractivity contribution in [2.24, 2.45) is 5.84 Å². The summed E-state index contributed by atoms with van der Waals surface area (Å²) in [6, 6.07) is 0. The lowest BCUT2D eigenvalue weighted by Crippen LogP contribution is -2.31. The monoisotopic (exact) mass is 329 g/mol. The maximum atomic E-state index is 11.2. The van der Waals surface area contributed by atoms with Gasteiger partial charge < -0.3 is 4.57 Å². The zero-order valence-corrected chi connectivity index (χ0v) is 13.3. The Morgan fingerprint density at radius 2 is 2.19 bits per heavy atom. The van der Waals surface area contributed by atoms with Crippen LogP contribution in [0, 0.1) is 0 Å². The van der Waals surface area contributed by atoms with Crippen LogP contribution in [0.2, 0.25) is 5.02 Å². The fourth-order valence-corrected chi connectivity index (χ4v) is 2.79. The molecule has 0 fully saturated rings. The van der Waals surface area contributed by atoms with Gasteiger partial charge in [0, 0.05) is 19.3 Å². The normalized spacial score (nSPS) is 10.9. The number of carbonyl (C=O) groups is 1. The molecule has 0 spiro atoms. The highest BCUT2D eigenvalue weighted by atomic mass is 35.5. The first-order valence-electron chi connectivity index (χ1n) is 6.39. The number of rotatable bonds is 6. The van der Waals surface area contributed by atoms with Crippen LogP contribution in [0.5, 0.6) is 0 Å². The minimum atomic E-state index is -0.277. The first kappa shape index (κ1) is 15.8. The summed E-state index contributed by atoms with van der Waals surface area (Å²) in [7, 11) is 0. The molecule has 114 valence electrons. The number of hydrogen-bond acceptors (Lipinski definition) is 6. The average molecular weight is 330 g/mol. The molecule has 0 saturated carbocycles. The van der Waals surface area contributed by atoms with Crippen molar-refractivity contribution in [3.8, 4) is 11.5 Å². The minimum absolute atomic E-state index is 0.172. The smallest absolute Gasteiger partial charge is 0.244 e. The van der Waals surface area contributed by atoms with Crippen molar-refractivity contribution in [1.82, 2.24) is 30.0 Å². The van der Waals surface area contributed by atoms with Crippen molar-refractivity contribution in [2.75, 3.05) is 5.75 Å². The van der Waals surface area contributed by atoms with Gasteiger partial charge in [-0.1, -0.05) is 23.4 Å². The van der Waals surface area contributed by atoms with Gasteiger partial charge in [-0.05, 0) is 13.8 Å². The topological polar surface area (TPSA) is 104 Å². The van der Waals surface area contributed by atoms with Gasteiger partial charge in [-0.3, -0.25) is 14.9 Å². The lowest BCUT2D eigenvalue weighted by molar-refractivity contribution is -0.118. The van der Waals surface area contributed by atoms with E-state index in [0.717, 1.165) is 6.54 Å². The zero-order valence-electron chi connectivity index (χ0n) is 11.7. The first-order valence-corrected chi connectivity index (χ1v) is 7.75. The number of aryl methyl sites for hydroxylation is 1. The van der Waals surface area contributed by atoms with Gasteiger partial charge in [0.1, 0.15) is 5.69 Å². The van der Waals surface area contributed by atoms with E-state index in [4.69, 9.17) is 17.4 Å². The second kappa shape index (κ2) is 6.92. The van der Waals surface area contributed by atoms with Crippen molar-refractivity contribution in [3.05, 3.63) is 11.2 Å². The summed E-state index contributed by atoms with van der Waals surface area (Å²) >= 11 is 7.45. The summed E-state index contributed by atoms with van der Waals surface area (Å²) in [6.07, 6.45) is 1.75. The van der Waals surface area contributed by atoms with E-state index < -0.39 is 0 Å². The molecule has 10 heteroatoms. The minimum Gasteiger partial charge on any atom is -0.301 e. The second-order valence-electron chi connectivity index (χ2n) is 4.09.